The molecule has 3 rings (SSSR count). The number of amides is 1. The van der Waals surface area contributed by atoms with Gasteiger partial charge in [-0.25, -0.2) is 0 Å². The number of carbonyl (C=O) groups is 2. The monoisotopic (exact) mass is 301 g/mol. The first kappa shape index (κ1) is 14.6. The molecule has 0 spiro atoms. The van der Waals surface area contributed by atoms with Crippen LogP contribution in [0.2, 0.25) is 0 Å². The number of allylic oxidation sites excluding steroid dienone is 2. The summed E-state index contributed by atoms with van der Waals surface area (Å²) in [5.41, 5.74) is 0.588. The second-order valence-electron chi connectivity index (χ2n) is 5.76. The van der Waals surface area contributed by atoms with Crippen molar-refractivity contribution in [3.63, 3.8) is 0 Å². The molecule has 0 aliphatic heterocycles. The SMILES string of the molecule is CCOc1ccccc1NC(=O)[C@@H]1[C@@H](C(=O)O)[C@H]2C=C[C@H]1C2. The summed E-state index contributed by atoms with van der Waals surface area (Å²) < 4.78 is 5.49. The molecule has 1 aromatic carbocycles. The highest BCUT2D eigenvalue weighted by atomic mass is 16.5. The average molecular weight is 301 g/mol. The van der Waals surface area contributed by atoms with Gasteiger partial charge in [-0.1, -0.05) is 24.3 Å². The Bertz CT molecular complexity index is 625. The highest BCUT2D eigenvalue weighted by molar-refractivity contribution is 5.97. The van der Waals surface area contributed by atoms with Gasteiger partial charge in [0.2, 0.25) is 5.91 Å². The van der Waals surface area contributed by atoms with Gasteiger partial charge in [-0.05, 0) is 37.3 Å². The molecule has 1 aromatic rings. The minimum atomic E-state index is -0.893. The maximum atomic E-state index is 12.6. The molecular formula is C17H19NO4. The number of rotatable bonds is 5. The number of carbonyl (C=O) groups excluding carboxylic acids is 1. The summed E-state index contributed by atoms with van der Waals surface area (Å²) in [7, 11) is 0. The van der Waals surface area contributed by atoms with Gasteiger partial charge in [-0.2, -0.15) is 0 Å². The van der Waals surface area contributed by atoms with Crippen LogP contribution >= 0.6 is 0 Å². The van der Waals surface area contributed by atoms with Gasteiger partial charge in [0.15, 0.2) is 0 Å². The van der Waals surface area contributed by atoms with Crippen LogP contribution in [-0.2, 0) is 9.59 Å². The predicted octanol–water partition coefficient (Wildman–Crippen LogP) is 2.55. The van der Waals surface area contributed by atoms with Gasteiger partial charge in [-0.3, -0.25) is 9.59 Å². The van der Waals surface area contributed by atoms with E-state index in [-0.39, 0.29) is 17.7 Å². The average Bonchev–Trinajstić information content (AvgIpc) is 3.10. The fourth-order valence-electron chi connectivity index (χ4n) is 3.58. The zero-order valence-electron chi connectivity index (χ0n) is 12.4. The van der Waals surface area contributed by atoms with Crippen LogP contribution in [0.5, 0.6) is 5.75 Å². The standard InChI is InChI=1S/C17H19NO4/c1-2-22-13-6-4-3-5-12(13)18-16(19)14-10-7-8-11(9-10)15(14)17(20)21/h3-8,10-11,14-15H,2,9H2,1H3,(H,18,19)(H,20,21)/t10-,11-,14-,15-/m0/s1. The van der Waals surface area contributed by atoms with Gasteiger partial charge < -0.3 is 15.2 Å². The lowest BCUT2D eigenvalue weighted by molar-refractivity contribution is -0.146. The van der Waals surface area contributed by atoms with Crippen molar-refractivity contribution in [1.82, 2.24) is 0 Å². The Morgan fingerprint density at radius 1 is 1.23 bits per heavy atom. The summed E-state index contributed by atoms with van der Waals surface area (Å²) in [5, 5.41) is 12.3. The fourth-order valence-corrected chi connectivity index (χ4v) is 3.58. The molecule has 22 heavy (non-hydrogen) atoms. The summed E-state index contributed by atoms with van der Waals surface area (Å²) in [4.78, 5) is 24.1. The molecule has 2 aliphatic carbocycles. The van der Waals surface area contributed by atoms with Crippen molar-refractivity contribution in [2.24, 2.45) is 23.7 Å². The first-order chi connectivity index (χ1) is 10.6. The molecule has 2 N–H and O–H groups in total. The van der Waals surface area contributed by atoms with Crippen LogP contribution in [0.1, 0.15) is 13.3 Å². The van der Waals surface area contributed by atoms with Crippen molar-refractivity contribution in [1.29, 1.82) is 0 Å². The number of ether oxygens (including phenoxy) is 1. The minimum Gasteiger partial charge on any atom is -0.492 e. The summed E-state index contributed by atoms with van der Waals surface area (Å²) in [5.74, 6) is -1.68. The van der Waals surface area contributed by atoms with E-state index >= 15 is 0 Å². The maximum Gasteiger partial charge on any atom is 0.307 e. The van der Waals surface area contributed by atoms with E-state index in [0.29, 0.717) is 18.0 Å². The van der Waals surface area contributed by atoms with Crippen molar-refractivity contribution in [3.8, 4) is 5.75 Å². The molecule has 0 heterocycles. The molecule has 0 saturated heterocycles. The lowest BCUT2D eigenvalue weighted by Crippen LogP contribution is -2.36. The summed E-state index contributed by atoms with van der Waals surface area (Å²) >= 11 is 0. The molecule has 2 bridgehead atoms. The number of fused-ring (bicyclic) bond motifs is 2. The van der Waals surface area contributed by atoms with E-state index in [0.717, 1.165) is 6.42 Å². The Hall–Kier alpha value is -2.30. The number of nitrogens with one attached hydrogen (secondary N) is 1. The number of para-hydroxylation sites is 2. The molecule has 0 unspecified atom stereocenters. The Morgan fingerprint density at radius 2 is 1.91 bits per heavy atom. The molecule has 2 aliphatic rings. The van der Waals surface area contributed by atoms with E-state index in [2.05, 4.69) is 5.32 Å². The largest absolute Gasteiger partial charge is 0.492 e. The highest BCUT2D eigenvalue weighted by Crippen LogP contribution is 2.48. The third-order valence-corrected chi connectivity index (χ3v) is 4.49. The lowest BCUT2D eigenvalue weighted by atomic mass is 9.82. The third-order valence-electron chi connectivity index (χ3n) is 4.49. The van der Waals surface area contributed by atoms with Crippen LogP contribution in [-0.4, -0.2) is 23.6 Å². The highest BCUT2D eigenvalue weighted by Gasteiger charge is 2.51. The molecular weight excluding hydrogens is 282 g/mol. The van der Waals surface area contributed by atoms with Gasteiger partial charge in [0.25, 0.3) is 0 Å². The van der Waals surface area contributed by atoms with Crippen molar-refractivity contribution >= 4 is 17.6 Å². The predicted molar refractivity (Wildman–Crippen MR) is 81.6 cm³/mol. The van der Waals surface area contributed by atoms with E-state index in [1.54, 1.807) is 12.1 Å². The molecule has 1 amide bonds. The molecule has 1 saturated carbocycles. The first-order valence-corrected chi connectivity index (χ1v) is 7.55. The Morgan fingerprint density at radius 3 is 2.59 bits per heavy atom. The van der Waals surface area contributed by atoms with Crippen LogP contribution in [0.3, 0.4) is 0 Å². The zero-order valence-corrected chi connectivity index (χ0v) is 12.4. The lowest BCUT2D eigenvalue weighted by Gasteiger charge is -2.24. The van der Waals surface area contributed by atoms with E-state index < -0.39 is 17.8 Å². The molecule has 1 fully saturated rings. The third kappa shape index (κ3) is 2.47. The van der Waals surface area contributed by atoms with E-state index in [4.69, 9.17) is 4.74 Å². The summed E-state index contributed by atoms with van der Waals surface area (Å²) in [6, 6.07) is 7.20. The normalized spacial score (nSPS) is 28.6. The van der Waals surface area contributed by atoms with Crippen molar-refractivity contribution in [2.75, 3.05) is 11.9 Å². The number of anilines is 1. The van der Waals surface area contributed by atoms with E-state index in [9.17, 15) is 14.7 Å². The number of carboxylic acid groups (broad SMARTS) is 1. The van der Waals surface area contributed by atoms with Crippen LogP contribution in [0.25, 0.3) is 0 Å². The van der Waals surface area contributed by atoms with Gasteiger partial charge in [0.05, 0.1) is 24.1 Å². The fraction of sp³-hybridized carbons (Fsp3) is 0.412. The first-order valence-electron chi connectivity index (χ1n) is 7.55. The maximum absolute atomic E-state index is 12.6. The topological polar surface area (TPSA) is 75.6 Å². The number of carboxylic acids is 1. The van der Waals surface area contributed by atoms with Crippen LogP contribution in [0.4, 0.5) is 5.69 Å². The van der Waals surface area contributed by atoms with Crippen LogP contribution in [0.15, 0.2) is 36.4 Å². The van der Waals surface area contributed by atoms with E-state index in [1.165, 1.54) is 0 Å². The smallest absolute Gasteiger partial charge is 0.307 e. The zero-order chi connectivity index (χ0) is 15.7. The van der Waals surface area contributed by atoms with Gasteiger partial charge >= 0.3 is 5.97 Å². The van der Waals surface area contributed by atoms with Gasteiger partial charge in [-0.15, -0.1) is 0 Å². The molecule has 0 aromatic heterocycles. The Balaban J connectivity index is 1.80. The van der Waals surface area contributed by atoms with Gasteiger partial charge in [0, 0.05) is 0 Å². The molecule has 116 valence electrons. The number of aliphatic carboxylic acids is 1. The Kier molecular flexibility index (Phi) is 3.88. The number of hydrogen-bond donors (Lipinski definition) is 2. The second kappa shape index (κ2) is 5.83. The van der Waals surface area contributed by atoms with Gasteiger partial charge in [0.1, 0.15) is 5.75 Å². The quantitative estimate of drug-likeness (QED) is 0.820. The van der Waals surface area contributed by atoms with Crippen molar-refractivity contribution < 1.29 is 19.4 Å². The Labute approximate surface area is 129 Å². The molecule has 5 nitrogen and oxygen atoms in total. The second-order valence-corrected chi connectivity index (χ2v) is 5.76. The summed E-state index contributed by atoms with van der Waals surface area (Å²) in [6.07, 6.45) is 4.66. The molecule has 5 heteroatoms. The molecule has 0 radical (unpaired) electrons. The van der Waals surface area contributed by atoms with Crippen molar-refractivity contribution in [3.05, 3.63) is 36.4 Å². The number of benzene rings is 1. The van der Waals surface area contributed by atoms with Crippen molar-refractivity contribution in [2.45, 2.75) is 13.3 Å². The minimum absolute atomic E-state index is 0.0188. The van der Waals surface area contributed by atoms with E-state index in [1.807, 2.05) is 31.2 Å². The van der Waals surface area contributed by atoms with Crippen LogP contribution in [0, 0.1) is 23.7 Å². The number of hydrogen-bond acceptors (Lipinski definition) is 3. The van der Waals surface area contributed by atoms with Crippen LogP contribution < -0.4 is 10.1 Å². The molecule has 4 atom stereocenters. The summed E-state index contributed by atoms with van der Waals surface area (Å²) in [6.45, 7) is 2.38.